The second kappa shape index (κ2) is 6.05. The quantitative estimate of drug-likeness (QED) is 0.772. The molecule has 2 N–H and O–H groups in total. The zero-order valence-corrected chi connectivity index (χ0v) is 13.4. The van der Waals surface area contributed by atoms with E-state index in [9.17, 15) is 5.11 Å². The molecule has 122 valence electrons. The van der Waals surface area contributed by atoms with E-state index in [-0.39, 0.29) is 11.8 Å². The Balaban J connectivity index is 1.83. The molecule has 0 spiro atoms. The van der Waals surface area contributed by atoms with Gasteiger partial charge in [-0.3, -0.25) is 4.98 Å². The van der Waals surface area contributed by atoms with Gasteiger partial charge in [0.1, 0.15) is 11.4 Å². The van der Waals surface area contributed by atoms with Crippen molar-refractivity contribution in [2.75, 3.05) is 18.5 Å². The van der Waals surface area contributed by atoms with Crippen LogP contribution in [-0.4, -0.2) is 39.5 Å². The predicted molar refractivity (Wildman–Crippen MR) is 92.0 cm³/mol. The van der Waals surface area contributed by atoms with Crippen LogP contribution < -0.4 is 5.32 Å². The van der Waals surface area contributed by atoms with Crippen molar-refractivity contribution < 1.29 is 9.84 Å². The first kappa shape index (κ1) is 14.8. The van der Waals surface area contributed by atoms with Gasteiger partial charge in [0.2, 0.25) is 0 Å². The van der Waals surface area contributed by atoms with Crippen molar-refractivity contribution >= 4 is 16.6 Å². The number of aryl methyl sites for hydroxylation is 1. The molecular formula is C18H18N4O2. The average molecular weight is 322 g/mol. The third-order valence-electron chi connectivity index (χ3n) is 4.26. The molecule has 1 unspecified atom stereocenters. The first-order valence-electron chi connectivity index (χ1n) is 7.97. The molecule has 2 aromatic heterocycles. The van der Waals surface area contributed by atoms with Crippen molar-refractivity contribution in [2.45, 2.75) is 19.4 Å². The second-order valence-electron chi connectivity index (χ2n) is 6.04. The minimum atomic E-state index is 0.201. The van der Waals surface area contributed by atoms with Crippen LogP contribution in [-0.2, 0) is 4.74 Å². The summed E-state index contributed by atoms with van der Waals surface area (Å²) in [5, 5.41) is 24.2. The smallest absolute Gasteiger partial charge is 0.158 e. The van der Waals surface area contributed by atoms with Gasteiger partial charge in [-0.1, -0.05) is 6.07 Å². The van der Waals surface area contributed by atoms with E-state index in [0.29, 0.717) is 23.7 Å². The van der Waals surface area contributed by atoms with E-state index < -0.39 is 0 Å². The number of aromatic nitrogens is 3. The Kier molecular flexibility index (Phi) is 3.74. The van der Waals surface area contributed by atoms with Gasteiger partial charge in [0.05, 0.1) is 12.6 Å². The van der Waals surface area contributed by atoms with E-state index in [1.807, 2.05) is 25.1 Å². The highest BCUT2D eigenvalue weighted by Gasteiger charge is 2.19. The van der Waals surface area contributed by atoms with Crippen molar-refractivity contribution in [2.24, 2.45) is 0 Å². The molecule has 1 atom stereocenters. The number of benzene rings is 1. The standard InChI is InChI=1S/C18H18N4O2/c1-11-2-3-14(16(23)8-11)17-13-4-6-19-9-15(13)18(22-21-17)20-12-5-7-24-10-12/h2-4,6,8-9,12,23H,5,7,10H2,1H3,(H,20,22). The number of ether oxygens (including phenoxy) is 1. The number of anilines is 1. The third-order valence-corrected chi connectivity index (χ3v) is 4.26. The van der Waals surface area contributed by atoms with Gasteiger partial charge in [-0.25, -0.2) is 0 Å². The number of rotatable bonds is 3. The maximum Gasteiger partial charge on any atom is 0.158 e. The molecule has 1 aliphatic heterocycles. The van der Waals surface area contributed by atoms with Gasteiger partial charge < -0.3 is 15.2 Å². The van der Waals surface area contributed by atoms with Crippen LogP contribution in [0, 0.1) is 6.92 Å². The molecule has 1 aromatic carbocycles. The van der Waals surface area contributed by atoms with Crippen molar-refractivity contribution in [1.82, 2.24) is 15.2 Å². The predicted octanol–water partition coefficient (Wildman–Crippen LogP) is 2.91. The van der Waals surface area contributed by atoms with Gasteiger partial charge in [0.25, 0.3) is 0 Å². The Morgan fingerprint density at radius 2 is 2.12 bits per heavy atom. The minimum absolute atomic E-state index is 0.201. The summed E-state index contributed by atoms with van der Waals surface area (Å²) in [5.74, 6) is 0.899. The summed E-state index contributed by atoms with van der Waals surface area (Å²) in [5.41, 5.74) is 2.31. The summed E-state index contributed by atoms with van der Waals surface area (Å²) in [6.07, 6.45) is 4.45. The van der Waals surface area contributed by atoms with Gasteiger partial charge in [0.15, 0.2) is 5.82 Å². The molecule has 1 aliphatic rings. The minimum Gasteiger partial charge on any atom is -0.507 e. The van der Waals surface area contributed by atoms with Crippen molar-refractivity contribution in [3.8, 4) is 17.0 Å². The molecule has 6 heteroatoms. The summed E-state index contributed by atoms with van der Waals surface area (Å²) in [7, 11) is 0. The van der Waals surface area contributed by atoms with Gasteiger partial charge in [-0.15, -0.1) is 10.2 Å². The largest absolute Gasteiger partial charge is 0.507 e. The molecule has 1 saturated heterocycles. The molecule has 3 aromatic rings. The lowest BCUT2D eigenvalue weighted by atomic mass is 10.0. The first-order chi connectivity index (χ1) is 11.7. The van der Waals surface area contributed by atoms with Gasteiger partial charge in [-0.2, -0.15) is 0 Å². The van der Waals surface area contributed by atoms with Crippen LogP contribution in [0.1, 0.15) is 12.0 Å². The Morgan fingerprint density at radius 1 is 1.21 bits per heavy atom. The number of fused-ring (bicyclic) bond motifs is 1. The van der Waals surface area contributed by atoms with E-state index in [2.05, 4.69) is 20.5 Å². The second-order valence-corrected chi connectivity index (χ2v) is 6.04. The lowest BCUT2D eigenvalue weighted by Gasteiger charge is -2.14. The van der Waals surface area contributed by atoms with Crippen LogP contribution in [0.15, 0.2) is 36.7 Å². The maximum atomic E-state index is 10.3. The van der Waals surface area contributed by atoms with Crippen LogP contribution in [0.5, 0.6) is 5.75 Å². The monoisotopic (exact) mass is 322 g/mol. The van der Waals surface area contributed by atoms with E-state index in [0.717, 1.165) is 29.4 Å². The average Bonchev–Trinajstić information content (AvgIpc) is 3.09. The maximum absolute atomic E-state index is 10.3. The van der Waals surface area contributed by atoms with Crippen LogP contribution in [0.25, 0.3) is 22.0 Å². The van der Waals surface area contributed by atoms with Gasteiger partial charge in [-0.05, 0) is 37.1 Å². The molecule has 0 saturated carbocycles. The lowest BCUT2D eigenvalue weighted by molar-refractivity contribution is 0.195. The summed E-state index contributed by atoms with van der Waals surface area (Å²) in [4.78, 5) is 4.22. The van der Waals surface area contributed by atoms with Gasteiger partial charge in [0, 0.05) is 35.3 Å². The summed E-state index contributed by atoms with van der Waals surface area (Å²) in [6, 6.07) is 7.68. The molecule has 0 radical (unpaired) electrons. The topological polar surface area (TPSA) is 80.2 Å². The number of nitrogens with zero attached hydrogens (tertiary/aromatic N) is 3. The lowest BCUT2D eigenvalue weighted by Crippen LogP contribution is -2.20. The SMILES string of the molecule is Cc1ccc(-c2nnc(NC3CCOC3)c3cnccc23)c(O)c1. The van der Waals surface area contributed by atoms with Crippen LogP contribution >= 0.6 is 0 Å². The summed E-state index contributed by atoms with van der Waals surface area (Å²) >= 11 is 0. The number of pyridine rings is 1. The van der Waals surface area contributed by atoms with E-state index in [1.54, 1.807) is 18.5 Å². The number of aromatic hydroxyl groups is 1. The number of hydrogen-bond donors (Lipinski definition) is 2. The molecule has 4 rings (SSSR count). The van der Waals surface area contributed by atoms with E-state index in [1.165, 1.54) is 0 Å². The van der Waals surface area contributed by atoms with Crippen molar-refractivity contribution in [3.63, 3.8) is 0 Å². The first-order valence-corrected chi connectivity index (χ1v) is 7.97. The molecule has 0 aliphatic carbocycles. The highest BCUT2D eigenvalue weighted by Crippen LogP contribution is 2.34. The molecule has 24 heavy (non-hydrogen) atoms. The fourth-order valence-electron chi connectivity index (χ4n) is 2.99. The van der Waals surface area contributed by atoms with Gasteiger partial charge >= 0.3 is 0 Å². The molecule has 3 heterocycles. The number of phenolic OH excluding ortho intramolecular Hbond substituents is 1. The summed E-state index contributed by atoms with van der Waals surface area (Å²) < 4.78 is 5.40. The highest BCUT2D eigenvalue weighted by atomic mass is 16.5. The zero-order chi connectivity index (χ0) is 16.5. The zero-order valence-electron chi connectivity index (χ0n) is 13.4. The Labute approximate surface area is 139 Å². The fraction of sp³-hybridized carbons (Fsp3) is 0.278. The van der Waals surface area contributed by atoms with Crippen LogP contribution in [0.3, 0.4) is 0 Å². The normalized spacial score (nSPS) is 17.3. The number of hydrogen-bond acceptors (Lipinski definition) is 6. The van der Waals surface area contributed by atoms with Crippen LogP contribution in [0.4, 0.5) is 5.82 Å². The van der Waals surface area contributed by atoms with E-state index >= 15 is 0 Å². The number of phenols is 1. The molecule has 6 nitrogen and oxygen atoms in total. The van der Waals surface area contributed by atoms with E-state index in [4.69, 9.17) is 4.74 Å². The molecule has 0 bridgehead atoms. The number of nitrogens with one attached hydrogen (secondary N) is 1. The molecule has 0 amide bonds. The summed E-state index contributed by atoms with van der Waals surface area (Å²) in [6.45, 7) is 3.37. The van der Waals surface area contributed by atoms with Crippen molar-refractivity contribution in [3.05, 3.63) is 42.2 Å². The van der Waals surface area contributed by atoms with Crippen molar-refractivity contribution in [1.29, 1.82) is 0 Å². The molecular weight excluding hydrogens is 304 g/mol. The Morgan fingerprint density at radius 3 is 2.92 bits per heavy atom. The Hall–Kier alpha value is -2.73. The molecule has 1 fully saturated rings. The Bertz CT molecular complexity index is 891. The van der Waals surface area contributed by atoms with Crippen LogP contribution in [0.2, 0.25) is 0 Å². The highest BCUT2D eigenvalue weighted by molar-refractivity contribution is 6.00. The fourth-order valence-corrected chi connectivity index (χ4v) is 2.99. The third kappa shape index (κ3) is 2.65.